The molecule has 5 nitrogen and oxygen atoms in total. The van der Waals surface area contributed by atoms with Crippen LogP contribution in [0.4, 0.5) is 5.82 Å². The topological polar surface area (TPSA) is 54.2 Å². The average molecular weight is 473 g/mol. The summed E-state index contributed by atoms with van der Waals surface area (Å²) in [6.45, 7) is 13.9. The SMILES string of the molecule is CCC(CCCO)N(CC)c1nc(C)nc2c1c(C)cn2-c1c(C)cc(Br)cc1C. The minimum Gasteiger partial charge on any atom is -0.396 e. The van der Waals surface area contributed by atoms with Gasteiger partial charge in [-0.1, -0.05) is 22.9 Å². The maximum absolute atomic E-state index is 9.35. The maximum atomic E-state index is 9.35. The fourth-order valence-electron chi connectivity index (χ4n) is 4.54. The first-order valence-electron chi connectivity index (χ1n) is 10.8. The van der Waals surface area contributed by atoms with Gasteiger partial charge in [0.1, 0.15) is 11.6 Å². The number of aliphatic hydroxyl groups is 1. The van der Waals surface area contributed by atoms with E-state index in [4.69, 9.17) is 9.97 Å². The molecule has 0 saturated carbocycles. The molecule has 1 N–H and O–H groups in total. The van der Waals surface area contributed by atoms with Gasteiger partial charge in [0.2, 0.25) is 0 Å². The van der Waals surface area contributed by atoms with Gasteiger partial charge in [0.05, 0.1) is 11.1 Å². The molecule has 6 heteroatoms. The lowest BCUT2D eigenvalue weighted by molar-refractivity contribution is 0.277. The van der Waals surface area contributed by atoms with E-state index in [1.807, 2.05) is 6.92 Å². The lowest BCUT2D eigenvalue weighted by atomic mass is 10.1. The van der Waals surface area contributed by atoms with Gasteiger partial charge in [0, 0.05) is 29.9 Å². The highest BCUT2D eigenvalue weighted by atomic mass is 79.9. The van der Waals surface area contributed by atoms with Crippen LogP contribution in [-0.4, -0.2) is 38.8 Å². The standard InChI is InChI=1S/C24H33BrN4O/c1-7-20(10-9-11-30)28(8-2)23-21-17(5)14-29(24(21)27-18(6)26-23)22-15(3)12-19(25)13-16(22)4/h12-14,20,30H,7-11H2,1-6H3. The third-order valence-corrected chi connectivity index (χ3v) is 6.30. The number of halogens is 1. The van der Waals surface area contributed by atoms with Gasteiger partial charge < -0.3 is 14.6 Å². The van der Waals surface area contributed by atoms with E-state index in [1.54, 1.807) is 0 Å². The highest BCUT2D eigenvalue weighted by Gasteiger charge is 2.24. The molecule has 1 aromatic carbocycles. The first-order valence-corrected chi connectivity index (χ1v) is 11.6. The molecule has 0 saturated heterocycles. The van der Waals surface area contributed by atoms with Crippen LogP contribution in [0, 0.1) is 27.7 Å². The molecule has 0 aliphatic heterocycles. The molecular formula is C24H33BrN4O. The van der Waals surface area contributed by atoms with E-state index >= 15 is 0 Å². The van der Waals surface area contributed by atoms with Gasteiger partial charge in [-0.15, -0.1) is 0 Å². The lowest BCUT2D eigenvalue weighted by Crippen LogP contribution is -2.36. The van der Waals surface area contributed by atoms with E-state index in [0.29, 0.717) is 6.04 Å². The third-order valence-electron chi connectivity index (χ3n) is 5.84. The van der Waals surface area contributed by atoms with Gasteiger partial charge in [0.25, 0.3) is 0 Å². The molecule has 0 aliphatic rings. The van der Waals surface area contributed by atoms with Crippen molar-refractivity contribution in [3.63, 3.8) is 0 Å². The highest BCUT2D eigenvalue weighted by Crippen LogP contribution is 2.34. The van der Waals surface area contributed by atoms with Crippen molar-refractivity contribution in [2.45, 2.75) is 66.8 Å². The van der Waals surface area contributed by atoms with E-state index in [1.165, 1.54) is 22.4 Å². The molecule has 1 atom stereocenters. The Bertz CT molecular complexity index is 1020. The summed E-state index contributed by atoms with van der Waals surface area (Å²) in [6, 6.07) is 4.65. The number of anilines is 1. The van der Waals surface area contributed by atoms with Crippen LogP contribution >= 0.6 is 15.9 Å². The Morgan fingerprint density at radius 1 is 1.07 bits per heavy atom. The molecule has 3 rings (SSSR count). The number of fused-ring (bicyclic) bond motifs is 1. The summed E-state index contributed by atoms with van der Waals surface area (Å²) < 4.78 is 3.32. The van der Waals surface area contributed by atoms with Crippen LogP contribution < -0.4 is 4.90 Å². The molecule has 0 radical (unpaired) electrons. The summed E-state index contributed by atoms with van der Waals surface area (Å²) in [7, 11) is 0. The van der Waals surface area contributed by atoms with Crippen LogP contribution in [0.2, 0.25) is 0 Å². The predicted molar refractivity (Wildman–Crippen MR) is 129 cm³/mol. The van der Waals surface area contributed by atoms with E-state index in [0.717, 1.165) is 53.0 Å². The van der Waals surface area contributed by atoms with Gasteiger partial charge in [-0.05, 0) is 82.7 Å². The molecule has 3 aromatic rings. The van der Waals surface area contributed by atoms with Gasteiger partial charge >= 0.3 is 0 Å². The fourth-order valence-corrected chi connectivity index (χ4v) is 5.23. The Kier molecular flexibility index (Phi) is 7.19. The number of hydrogen-bond acceptors (Lipinski definition) is 4. The summed E-state index contributed by atoms with van der Waals surface area (Å²) in [5, 5.41) is 10.5. The molecule has 0 fully saturated rings. The smallest absolute Gasteiger partial charge is 0.150 e. The number of aliphatic hydroxyl groups excluding tert-OH is 1. The van der Waals surface area contributed by atoms with Gasteiger partial charge in [-0.2, -0.15) is 0 Å². The first-order chi connectivity index (χ1) is 14.3. The maximum Gasteiger partial charge on any atom is 0.150 e. The van der Waals surface area contributed by atoms with E-state index in [2.05, 4.69) is 78.3 Å². The van der Waals surface area contributed by atoms with Crippen LogP contribution in [-0.2, 0) is 0 Å². The minimum absolute atomic E-state index is 0.226. The fraction of sp³-hybridized carbons (Fsp3) is 0.500. The lowest BCUT2D eigenvalue weighted by Gasteiger charge is -2.32. The molecule has 162 valence electrons. The Hall–Kier alpha value is -1.92. The Morgan fingerprint density at radius 2 is 1.73 bits per heavy atom. The normalized spacial score (nSPS) is 12.5. The van der Waals surface area contributed by atoms with Gasteiger partial charge in [-0.3, -0.25) is 0 Å². The van der Waals surface area contributed by atoms with Crippen LogP contribution in [0.25, 0.3) is 16.7 Å². The van der Waals surface area contributed by atoms with Crippen molar-refractivity contribution in [3.05, 3.63) is 45.3 Å². The summed E-state index contributed by atoms with van der Waals surface area (Å²) in [4.78, 5) is 12.2. The minimum atomic E-state index is 0.226. The highest BCUT2D eigenvalue weighted by molar-refractivity contribution is 9.10. The molecule has 0 bridgehead atoms. The quantitative estimate of drug-likeness (QED) is 0.450. The Balaban J connectivity index is 2.25. The first kappa shape index (κ1) is 22.8. The predicted octanol–water partition coefficient (Wildman–Crippen LogP) is 5.79. The molecule has 0 aliphatic carbocycles. The van der Waals surface area contributed by atoms with Crippen molar-refractivity contribution in [2.75, 3.05) is 18.1 Å². The number of benzene rings is 1. The number of rotatable bonds is 8. The number of aryl methyl sites for hydroxylation is 4. The second-order valence-corrected chi connectivity index (χ2v) is 8.99. The van der Waals surface area contributed by atoms with Crippen molar-refractivity contribution in [1.29, 1.82) is 0 Å². The Morgan fingerprint density at radius 3 is 2.30 bits per heavy atom. The van der Waals surface area contributed by atoms with E-state index in [-0.39, 0.29) is 6.61 Å². The molecule has 1 unspecified atom stereocenters. The largest absolute Gasteiger partial charge is 0.396 e. The van der Waals surface area contributed by atoms with E-state index in [9.17, 15) is 5.11 Å². The molecule has 2 aromatic heterocycles. The number of nitrogens with zero attached hydrogens (tertiary/aromatic N) is 4. The summed E-state index contributed by atoms with van der Waals surface area (Å²) in [6.07, 6.45) is 4.96. The molecular weight excluding hydrogens is 440 g/mol. The van der Waals surface area contributed by atoms with Crippen molar-refractivity contribution in [3.8, 4) is 5.69 Å². The van der Waals surface area contributed by atoms with Crippen molar-refractivity contribution in [2.24, 2.45) is 0 Å². The summed E-state index contributed by atoms with van der Waals surface area (Å²) >= 11 is 3.61. The zero-order valence-corrected chi connectivity index (χ0v) is 20.5. The van der Waals surface area contributed by atoms with Crippen molar-refractivity contribution >= 4 is 32.8 Å². The van der Waals surface area contributed by atoms with Crippen LogP contribution in [0.3, 0.4) is 0 Å². The average Bonchev–Trinajstić information content (AvgIpc) is 3.00. The van der Waals surface area contributed by atoms with Gasteiger partial charge in [0.15, 0.2) is 5.65 Å². The second kappa shape index (κ2) is 9.48. The molecule has 0 amide bonds. The van der Waals surface area contributed by atoms with Gasteiger partial charge in [-0.25, -0.2) is 9.97 Å². The number of aromatic nitrogens is 3. The van der Waals surface area contributed by atoms with Crippen molar-refractivity contribution in [1.82, 2.24) is 14.5 Å². The second-order valence-electron chi connectivity index (χ2n) is 8.08. The Labute approximate surface area is 188 Å². The third kappa shape index (κ3) is 4.26. The summed E-state index contributed by atoms with van der Waals surface area (Å²) in [5.41, 5.74) is 5.73. The zero-order valence-electron chi connectivity index (χ0n) is 19.0. The number of hydrogen-bond donors (Lipinski definition) is 1. The monoisotopic (exact) mass is 472 g/mol. The molecule has 0 spiro atoms. The summed E-state index contributed by atoms with van der Waals surface area (Å²) in [5.74, 6) is 1.79. The molecule has 30 heavy (non-hydrogen) atoms. The van der Waals surface area contributed by atoms with E-state index < -0.39 is 0 Å². The molecule has 2 heterocycles. The van der Waals surface area contributed by atoms with Crippen molar-refractivity contribution < 1.29 is 5.11 Å². The van der Waals surface area contributed by atoms with Crippen LogP contribution in [0.15, 0.2) is 22.8 Å². The van der Waals surface area contributed by atoms with Crippen LogP contribution in [0.5, 0.6) is 0 Å². The zero-order chi connectivity index (χ0) is 22.0. The van der Waals surface area contributed by atoms with Crippen LogP contribution in [0.1, 0.15) is 55.6 Å².